The second kappa shape index (κ2) is 9.26. The van der Waals surface area contributed by atoms with Crippen LogP contribution in [0, 0.1) is 0 Å². The minimum absolute atomic E-state index is 0.252. The molecule has 160 valence electrons. The van der Waals surface area contributed by atoms with Crippen molar-refractivity contribution in [3.8, 4) is 17.0 Å². The lowest BCUT2D eigenvalue weighted by molar-refractivity contribution is -0.121. The number of nitrogens with zero attached hydrogens (tertiary/aromatic N) is 3. The molecule has 0 spiro atoms. The molecule has 3 aromatic carbocycles. The second-order valence-corrected chi connectivity index (χ2v) is 7.18. The molecule has 1 aromatic heterocycles. The molecule has 0 aliphatic heterocycles. The van der Waals surface area contributed by atoms with Gasteiger partial charge in [0.15, 0.2) is 0 Å². The first kappa shape index (κ1) is 21.0. The van der Waals surface area contributed by atoms with Crippen LogP contribution >= 0.6 is 0 Å². The molecule has 1 amide bonds. The van der Waals surface area contributed by atoms with Crippen molar-refractivity contribution in [3.63, 3.8) is 0 Å². The van der Waals surface area contributed by atoms with Crippen molar-refractivity contribution in [2.45, 2.75) is 13.5 Å². The van der Waals surface area contributed by atoms with Crippen LogP contribution in [0.4, 0.5) is 0 Å². The molecule has 32 heavy (non-hydrogen) atoms. The highest BCUT2D eigenvalue weighted by Crippen LogP contribution is 2.26. The standard InChI is InChI=1S/C25H22N4O3/c1-17(18-8-4-3-5-9-18)26-27-23(30)16-29-25(31)22-11-7-6-10-21(22)24(28-29)19-12-14-20(32-2)15-13-19/h3-15H,16H2,1-2H3,(H,27,30)/b26-17+. The third-order valence-electron chi connectivity index (χ3n) is 5.06. The minimum atomic E-state index is -0.439. The molecule has 4 aromatic rings. The summed E-state index contributed by atoms with van der Waals surface area (Å²) >= 11 is 0. The zero-order chi connectivity index (χ0) is 22.5. The van der Waals surface area contributed by atoms with Crippen LogP contribution in [0.1, 0.15) is 12.5 Å². The monoisotopic (exact) mass is 426 g/mol. The average molecular weight is 426 g/mol. The Morgan fingerprint density at radius 2 is 1.62 bits per heavy atom. The Morgan fingerprint density at radius 3 is 2.31 bits per heavy atom. The summed E-state index contributed by atoms with van der Waals surface area (Å²) < 4.78 is 6.40. The Bertz CT molecular complexity index is 1340. The summed E-state index contributed by atoms with van der Waals surface area (Å²) in [5.41, 5.74) is 5.16. The van der Waals surface area contributed by atoms with Crippen LogP contribution in [0.15, 0.2) is 88.8 Å². The van der Waals surface area contributed by atoms with Gasteiger partial charge >= 0.3 is 0 Å². The van der Waals surface area contributed by atoms with Gasteiger partial charge in [0, 0.05) is 10.9 Å². The molecule has 7 nitrogen and oxygen atoms in total. The highest BCUT2D eigenvalue weighted by molar-refractivity contribution is 5.99. The molecule has 0 aliphatic rings. The molecule has 0 atom stereocenters. The summed E-state index contributed by atoms with van der Waals surface area (Å²) in [6.07, 6.45) is 0. The molecular formula is C25H22N4O3. The largest absolute Gasteiger partial charge is 0.497 e. The topological polar surface area (TPSA) is 85.6 Å². The van der Waals surface area contributed by atoms with Gasteiger partial charge in [-0.3, -0.25) is 9.59 Å². The van der Waals surface area contributed by atoms with Crippen molar-refractivity contribution in [2.24, 2.45) is 5.10 Å². The Hall–Kier alpha value is -4.26. The van der Waals surface area contributed by atoms with Crippen LogP contribution in [0.25, 0.3) is 22.0 Å². The van der Waals surface area contributed by atoms with Gasteiger partial charge in [0.2, 0.25) is 0 Å². The number of hydrogen-bond donors (Lipinski definition) is 1. The van der Waals surface area contributed by atoms with Crippen molar-refractivity contribution in [1.29, 1.82) is 0 Å². The Kier molecular flexibility index (Phi) is 6.07. The zero-order valence-corrected chi connectivity index (χ0v) is 17.8. The number of fused-ring (bicyclic) bond motifs is 1. The highest BCUT2D eigenvalue weighted by atomic mass is 16.5. The molecule has 0 bridgehead atoms. The fraction of sp³-hybridized carbons (Fsp3) is 0.120. The number of nitrogens with one attached hydrogen (secondary N) is 1. The van der Waals surface area contributed by atoms with E-state index in [1.807, 2.05) is 66.7 Å². The van der Waals surface area contributed by atoms with Crippen LogP contribution in [0.5, 0.6) is 5.75 Å². The van der Waals surface area contributed by atoms with Crippen molar-refractivity contribution in [3.05, 3.63) is 94.8 Å². The van der Waals surface area contributed by atoms with Gasteiger partial charge in [0.05, 0.1) is 23.9 Å². The van der Waals surface area contributed by atoms with Crippen molar-refractivity contribution >= 4 is 22.4 Å². The van der Waals surface area contributed by atoms with Crippen molar-refractivity contribution < 1.29 is 9.53 Å². The number of carbonyl (C=O) groups excluding carboxylic acids is 1. The molecule has 0 aliphatic carbocycles. The third-order valence-corrected chi connectivity index (χ3v) is 5.06. The Labute approximate surface area is 185 Å². The summed E-state index contributed by atoms with van der Waals surface area (Å²) in [6, 6.07) is 24.1. The van der Waals surface area contributed by atoms with Crippen LogP contribution in [-0.2, 0) is 11.3 Å². The van der Waals surface area contributed by atoms with E-state index in [4.69, 9.17) is 4.74 Å². The quantitative estimate of drug-likeness (QED) is 0.377. The molecule has 7 heteroatoms. The number of rotatable bonds is 6. The van der Waals surface area contributed by atoms with Gasteiger partial charge in [-0.15, -0.1) is 0 Å². The van der Waals surface area contributed by atoms with Gasteiger partial charge in [0.1, 0.15) is 12.3 Å². The molecule has 0 fully saturated rings. The first-order valence-electron chi connectivity index (χ1n) is 10.1. The lowest BCUT2D eigenvalue weighted by atomic mass is 10.0. The first-order valence-corrected chi connectivity index (χ1v) is 10.1. The maximum absolute atomic E-state index is 13.0. The summed E-state index contributed by atoms with van der Waals surface area (Å²) in [6.45, 7) is 1.55. The fourth-order valence-electron chi connectivity index (χ4n) is 3.37. The van der Waals surface area contributed by atoms with Gasteiger partial charge in [-0.05, 0) is 42.8 Å². The van der Waals surface area contributed by atoms with Crippen LogP contribution in [0.3, 0.4) is 0 Å². The van der Waals surface area contributed by atoms with Crippen LogP contribution in [0.2, 0.25) is 0 Å². The lowest BCUT2D eigenvalue weighted by Crippen LogP contribution is -2.32. The number of aromatic nitrogens is 2. The number of benzene rings is 3. The van der Waals surface area contributed by atoms with E-state index in [-0.39, 0.29) is 12.1 Å². The molecule has 1 N–H and O–H groups in total. The minimum Gasteiger partial charge on any atom is -0.497 e. The predicted molar refractivity (Wildman–Crippen MR) is 125 cm³/mol. The molecule has 1 heterocycles. The normalized spacial score (nSPS) is 11.4. The number of ether oxygens (including phenoxy) is 1. The Morgan fingerprint density at radius 1 is 0.969 bits per heavy atom. The van der Waals surface area contributed by atoms with E-state index >= 15 is 0 Å². The average Bonchev–Trinajstić information content (AvgIpc) is 2.85. The van der Waals surface area contributed by atoms with E-state index < -0.39 is 5.91 Å². The maximum Gasteiger partial charge on any atom is 0.275 e. The summed E-state index contributed by atoms with van der Waals surface area (Å²) in [5, 5.41) is 9.86. The van der Waals surface area contributed by atoms with E-state index in [9.17, 15) is 9.59 Å². The molecule has 0 unspecified atom stereocenters. The summed E-state index contributed by atoms with van der Waals surface area (Å²) in [7, 11) is 1.60. The van der Waals surface area contributed by atoms with Gasteiger partial charge in [-0.2, -0.15) is 10.2 Å². The van der Waals surface area contributed by atoms with Gasteiger partial charge in [-0.25, -0.2) is 10.1 Å². The lowest BCUT2D eigenvalue weighted by Gasteiger charge is -2.11. The Balaban J connectivity index is 1.66. The smallest absolute Gasteiger partial charge is 0.275 e. The third kappa shape index (κ3) is 4.41. The van der Waals surface area contributed by atoms with E-state index in [0.29, 0.717) is 16.8 Å². The van der Waals surface area contributed by atoms with Crippen molar-refractivity contribution in [2.75, 3.05) is 7.11 Å². The van der Waals surface area contributed by atoms with Gasteiger partial charge < -0.3 is 4.74 Å². The maximum atomic E-state index is 13.0. The SMILES string of the molecule is COc1ccc(-c2nn(CC(=O)N/N=C(\C)c3ccccc3)c(=O)c3ccccc23)cc1. The predicted octanol–water partition coefficient (Wildman–Crippen LogP) is 3.61. The second-order valence-electron chi connectivity index (χ2n) is 7.18. The number of hydrogen-bond acceptors (Lipinski definition) is 5. The molecular weight excluding hydrogens is 404 g/mol. The van der Waals surface area contributed by atoms with E-state index in [1.54, 1.807) is 26.2 Å². The molecule has 0 radical (unpaired) electrons. The number of carbonyl (C=O) groups is 1. The molecule has 4 rings (SSSR count). The van der Waals surface area contributed by atoms with E-state index in [0.717, 1.165) is 22.3 Å². The molecule has 0 saturated carbocycles. The summed E-state index contributed by atoms with van der Waals surface area (Å²) in [4.78, 5) is 25.5. The van der Waals surface area contributed by atoms with E-state index in [1.165, 1.54) is 4.68 Å². The number of hydrazone groups is 1. The number of amides is 1. The molecule has 0 saturated heterocycles. The first-order chi connectivity index (χ1) is 15.6. The van der Waals surface area contributed by atoms with Crippen LogP contribution < -0.4 is 15.7 Å². The fourth-order valence-corrected chi connectivity index (χ4v) is 3.37. The highest BCUT2D eigenvalue weighted by Gasteiger charge is 2.14. The van der Waals surface area contributed by atoms with Gasteiger partial charge in [-0.1, -0.05) is 48.5 Å². The zero-order valence-electron chi connectivity index (χ0n) is 17.8. The van der Waals surface area contributed by atoms with E-state index in [2.05, 4.69) is 15.6 Å². The van der Waals surface area contributed by atoms with Crippen LogP contribution in [-0.4, -0.2) is 28.5 Å². The number of methoxy groups -OCH3 is 1. The van der Waals surface area contributed by atoms with Gasteiger partial charge in [0.25, 0.3) is 11.5 Å². The summed E-state index contributed by atoms with van der Waals surface area (Å²) in [5.74, 6) is 0.281. The van der Waals surface area contributed by atoms with Crippen molar-refractivity contribution in [1.82, 2.24) is 15.2 Å².